The lowest BCUT2D eigenvalue weighted by atomic mass is 9.82. The van der Waals surface area contributed by atoms with E-state index in [0.717, 1.165) is 60.6 Å². The van der Waals surface area contributed by atoms with Gasteiger partial charge in [0.15, 0.2) is 0 Å². The number of pyridine rings is 2. The number of hydrogen-bond donors (Lipinski definition) is 2. The van der Waals surface area contributed by atoms with Crippen LogP contribution in [0.4, 0.5) is 11.6 Å². The minimum Gasteiger partial charge on any atom is -0.392 e. The van der Waals surface area contributed by atoms with E-state index in [4.69, 9.17) is 9.97 Å². The van der Waals surface area contributed by atoms with E-state index in [2.05, 4.69) is 28.2 Å². The number of rotatable bonds is 6. The molecule has 1 atom stereocenters. The van der Waals surface area contributed by atoms with Gasteiger partial charge in [-0.1, -0.05) is 6.07 Å². The highest BCUT2D eigenvalue weighted by molar-refractivity contribution is 7.15. The number of nitrogens with one attached hydrogen (secondary N) is 1. The number of thiazole rings is 1. The molecule has 3 aromatic rings. The van der Waals surface area contributed by atoms with Crippen LogP contribution in [0.1, 0.15) is 55.0 Å². The highest BCUT2D eigenvalue weighted by Gasteiger charge is 2.27. The van der Waals surface area contributed by atoms with Gasteiger partial charge in [0.05, 0.1) is 21.7 Å². The number of aliphatic hydroxyl groups is 1. The van der Waals surface area contributed by atoms with Gasteiger partial charge < -0.3 is 15.3 Å². The van der Waals surface area contributed by atoms with E-state index in [0.29, 0.717) is 5.92 Å². The summed E-state index contributed by atoms with van der Waals surface area (Å²) < 4.78 is 0. The summed E-state index contributed by atoms with van der Waals surface area (Å²) in [5.74, 6) is 2.92. The maximum absolute atomic E-state index is 9.94. The lowest BCUT2D eigenvalue weighted by Gasteiger charge is -2.35. The first kappa shape index (κ1) is 22.4. The topological polar surface area (TPSA) is 74.2 Å². The Balaban J connectivity index is 1.19. The van der Waals surface area contributed by atoms with Gasteiger partial charge in [0, 0.05) is 31.4 Å². The third-order valence-electron chi connectivity index (χ3n) is 6.89. The molecule has 7 heteroatoms. The molecule has 6 nitrogen and oxygen atoms in total. The molecule has 0 spiro atoms. The first-order chi connectivity index (χ1) is 16.1. The Morgan fingerprint density at radius 2 is 1.97 bits per heavy atom. The largest absolute Gasteiger partial charge is 0.392 e. The predicted molar refractivity (Wildman–Crippen MR) is 134 cm³/mol. The molecule has 0 aromatic carbocycles. The van der Waals surface area contributed by atoms with Crippen molar-refractivity contribution in [2.75, 3.05) is 25.0 Å². The van der Waals surface area contributed by atoms with E-state index < -0.39 is 0 Å². The fraction of sp³-hybridized carbons (Fsp3) is 0.500. The quantitative estimate of drug-likeness (QED) is 0.511. The van der Waals surface area contributed by atoms with Gasteiger partial charge in [-0.25, -0.2) is 15.0 Å². The molecule has 33 heavy (non-hydrogen) atoms. The van der Waals surface area contributed by atoms with Crippen molar-refractivity contribution in [3.63, 3.8) is 0 Å². The molecule has 2 fully saturated rings. The molecule has 1 aliphatic carbocycles. The van der Waals surface area contributed by atoms with Gasteiger partial charge >= 0.3 is 0 Å². The monoisotopic (exact) mass is 463 g/mol. The van der Waals surface area contributed by atoms with Crippen LogP contribution in [0.5, 0.6) is 0 Å². The third-order valence-corrected chi connectivity index (χ3v) is 8.07. The molecular formula is C26H33N5OS. The molecule has 1 unspecified atom stereocenters. The van der Waals surface area contributed by atoms with Crippen LogP contribution in [0.15, 0.2) is 42.7 Å². The minimum absolute atomic E-state index is 0.126. The number of β-amino-alcohol motifs (C(OH)–C–C–N with tert-alkyl or cyclic N) is 1. The van der Waals surface area contributed by atoms with Crippen molar-refractivity contribution in [1.82, 2.24) is 19.9 Å². The summed E-state index contributed by atoms with van der Waals surface area (Å²) in [5.41, 5.74) is 2.12. The number of hydrogen-bond acceptors (Lipinski definition) is 7. The number of anilines is 2. The normalized spacial score (nSPS) is 24.0. The molecule has 5 rings (SSSR count). The Morgan fingerprint density at radius 1 is 1.09 bits per heavy atom. The molecular weight excluding hydrogens is 430 g/mol. The number of nitrogens with zero attached hydrogens (tertiary/aromatic N) is 4. The van der Waals surface area contributed by atoms with Crippen LogP contribution in [0.25, 0.3) is 10.6 Å². The Bertz CT molecular complexity index is 1060. The van der Waals surface area contributed by atoms with Crippen LogP contribution in [0.3, 0.4) is 0 Å². The van der Waals surface area contributed by atoms with Crippen LogP contribution in [0.2, 0.25) is 0 Å². The molecule has 174 valence electrons. The van der Waals surface area contributed by atoms with Crippen LogP contribution in [0, 0.1) is 12.8 Å². The van der Waals surface area contributed by atoms with E-state index in [1.807, 2.05) is 36.7 Å². The molecule has 0 amide bonds. The zero-order valence-corrected chi connectivity index (χ0v) is 20.1. The van der Waals surface area contributed by atoms with Gasteiger partial charge in [0.1, 0.15) is 11.6 Å². The first-order valence-corrected chi connectivity index (χ1v) is 13.0. The van der Waals surface area contributed by atoms with Crippen molar-refractivity contribution in [3.8, 4) is 10.6 Å². The van der Waals surface area contributed by atoms with E-state index in [9.17, 15) is 5.11 Å². The second kappa shape index (κ2) is 10.3. The molecule has 0 radical (unpaired) electrons. The molecule has 4 heterocycles. The predicted octanol–water partition coefficient (Wildman–Crippen LogP) is 5.38. The van der Waals surface area contributed by atoms with Gasteiger partial charge in [-0.3, -0.25) is 0 Å². The van der Waals surface area contributed by atoms with Gasteiger partial charge in [0.25, 0.3) is 0 Å². The van der Waals surface area contributed by atoms with Crippen molar-refractivity contribution >= 4 is 23.0 Å². The SMILES string of the molecule is Cc1ccnc(Nc2cccc(-c3cnc(C4CCC(CN5CCCC(O)C5)CC4)s3)n2)c1. The Morgan fingerprint density at radius 3 is 2.79 bits per heavy atom. The zero-order chi connectivity index (χ0) is 22.6. The van der Waals surface area contributed by atoms with Crippen molar-refractivity contribution in [1.29, 1.82) is 0 Å². The zero-order valence-electron chi connectivity index (χ0n) is 19.3. The average Bonchev–Trinajstić information content (AvgIpc) is 3.30. The third kappa shape index (κ3) is 5.78. The number of aliphatic hydroxyl groups excluding tert-OH is 1. The van der Waals surface area contributed by atoms with E-state index in [1.54, 1.807) is 11.3 Å². The van der Waals surface area contributed by atoms with Gasteiger partial charge in [-0.2, -0.15) is 0 Å². The number of aromatic nitrogens is 3. The molecule has 3 aromatic heterocycles. The summed E-state index contributed by atoms with van der Waals surface area (Å²) in [4.78, 5) is 17.6. The summed E-state index contributed by atoms with van der Waals surface area (Å²) >= 11 is 1.79. The van der Waals surface area contributed by atoms with Crippen LogP contribution in [-0.4, -0.2) is 50.7 Å². The lowest BCUT2D eigenvalue weighted by Crippen LogP contribution is -2.41. The molecule has 1 saturated carbocycles. The average molecular weight is 464 g/mol. The number of likely N-dealkylation sites (tertiary alicyclic amines) is 1. The maximum atomic E-state index is 9.94. The molecule has 0 bridgehead atoms. The first-order valence-electron chi connectivity index (χ1n) is 12.2. The van der Waals surface area contributed by atoms with Crippen molar-refractivity contribution < 1.29 is 5.11 Å². The fourth-order valence-electron chi connectivity index (χ4n) is 5.13. The van der Waals surface area contributed by atoms with E-state index in [-0.39, 0.29) is 6.10 Å². The molecule has 2 N–H and O–H groups in total. The standard InChI is InChI=1S/C26H33N5OS/c1-18-11-12-27-25(14-18)30-24-6-2-5-22(29-24)23-15-28-26(33-23)20-9-7-19(8-10-20)16-31-13-3-4-21(32)17-31/h2,5-6,11-12,14-15,19-21,32H,3-4,7-10,13,16-17H2,1H3,(H,27,29,30). The second-order valence-electron chi connectivity index (χ2n) is 9.59. The van der Waals surface area contributed by atoms with Crippen molar-refractivity contribution in [2.45, 2.75) is 57.5 Å². The number of piperidine rings is 1. The smallest absolute Gasteiger partial charge is 0.132 e. The molecule has 1 aliphatic heterocycles. The summed E-state index contributed by atoms with van der Waals surface area (Å²) in [5, 5.41) is 14.5. The Labute approximate surface area is 200 Å². The summed E-state index contributed by atoms with van der Waals surface area (Å²) in [7, 11) is 0. The minimum atomic E-state index is -0.126. The van der Waals surface area contributed by atoms with Crippen LogP contribution in [-0.2, 0) is 0 Å². The van der Waals surface area contributed by atoms with Crippen molar-refractivity contribution in [3.05, 3.63) is 53.3 Å². The molecule has 1 saturated heterocycles. The highest BCUT2D eigenvalue weighted by Crippen LogP contribution is 2.39. The van der Waals surface area contributed by atoms with Crippen molar-refractivity contribution in [2.24, 2.45) is 5.92 Å². The number of aryl methyl sites for hydroxylation is 1. The second-order valence-corrected chi connectivity index (χ2v) is 10.6. The van der Waals surface area contributed by atoms with E-state index >= 15 is 0 Å². The summed E-state index contributed by atoms with van der Waals surface area (Å²) in [6, 6.07) is 10.1. The molecule has 2 aliphatic rings. The van der Waals surface area contributed by atoms with Crippen LogP contribution < -0.4 is 5.32 Å². The Hall–Kier alpha value is -2.35. The highest BCUT2D eigenvalue weighted by atomic mass is 32.1. The van der Waals surface area contributed by atoms with Crippen LogP contribution >= 0.6 is 11.3 Å². The van der Waals surface area contributed by atoms with E-state index in [1.165, 1.54) is 36.3 Å². The van der Waals surface area contributed by atoms with Gasteiger partial charge in [-0.05, 0) is 87.7 Å². The van der Waals surface area contributed by atoms with Gasteiger partial charge in [-0.15, -0.1) is 11.3 Å². The summed E-state index contributed by atoms with van der Waals surface area (Å²) in [6.07, 6.45) is 10.7. The lowest BCUT2D eigenvalue weighted by molar-refractivity contribution is 0.0575. The maximum Gasteiger partial charge on any atom is 0.132 e. The fourth-order valence-corrected chi connectivity index (χ4v) is 6.18. The summed E-state index contributed by atoms with van der Waals surface area (Å²) in [6.45, 7) is 5.21. The van der Waals surface area contributed by atoms with Gasteiger partial charge in [0.2, 0.25) is 0 Å². The Kier molecular flexibility index (Phi) is 6.99.